The zero-order chi connectivity index (χ0) is 19.3. The van der Waals surface area contributed by atoms with Gasteiger partial charge in [0.05, 0.1) is 17.6 Å². The zero-order valence-electron chi connectivity index (χ0n) is 15.1. The molecule has 1 fully saturated rings. The minimum absolute atomic E-state index is 0.0658. The molecule has 1 aromatic heterocycles. The third-order valence-corrected chi connectivity index (χ3v) is 6.68. The maximum Gasteiger partial charge on any atom is 0.254 e. The fourth-order valence-electron chi connectivity index (χ4n) is 2.92. The Balaban J connectivity index is 1.44. The molecule has 1 aliphatic heterocycles. The van der Waals surface area contributed by atoms with E-state index in [4.69, 9.17) is 4.74 Å². The Labute approximate surface area is 163 Å². The van der Waals surface area contributed by atoms with Crippen LogP contribution in [0.4, 0.5) is 0 Å². The topological polar surface area (TPSA) is 79.0 Å². The number of benzene rings is 1. The van der Waals surface area contributed by atoms with Crippen molar-refractivity contribution in [1.29, 1.82) is 0 Å². The van der Waals surface area contributed by atoms with Crippen LogP contribution in [0.15, 0.2) is 46.0 Å². The van der Waals surface area contributed by atoms with E-state index in [-0.39, 0.29) is 10.8 Å². The SMILES string of the molecule is COc1ccc(S(=O)(=O)NCCN2CCN(C(=O)c3ccsc3)CC2)cc1. The molecule has 3 rings (SSSR count). The number of piperazine rings is 1. The van der Waals surface area contributed by atoms with E-state index in [0.717, 1.165) is 18.7 Å². The van der Waals surface area contributed by atoms with Crippen molar-refractivity contribution in [1.82, 2.24) is 14.5 Å². The number of methoxy groups -OCH3 is 1. The van der Waals surface area contributed by atoms with Crippen LogP contribution in [-0.2, 0) is 10.0 Å². The van der Waals surface area contributed by atoms with Gasteiger partial charge in [-0.15, -0.1) is 0 Å². The normalized spacial score (nSPS) is 15.7. The number of rotatable bonds is 7. The number of carbonyl (C=O) groups excluding carboxylic acids is 1. The van der Waals surface area contributed by atoms with Crippen molar-refractivity contribution >= 4 is 27.3 Å². The van der Waals surface area contributed by atoms with Gasteiger partial charge < -0.3 is 9.64 Å². The molecule has 0 atom stereocenters. The molecule has 1 aliphatic rings. The first-order chi connectivity index (χ1) is 13.0. The van der Waals surface area contributed by atoms with Gasteiger partial charge in [-0.1, -0.05) is 0 Å². The first kappa shape index (κ1) is 19.8. The first-order valence-electron chi connectivity index (χ1n) is 8.67. The van der Waals surface area contributed by atoms with Crippen molar-refractivity contribution < 1.29 is 17.9 Å². The minimum Gasteiger partial charge on any atom is -0.497 e. The van der Waals surface area contributed by atoms with Gasteiger partial charge in [-0.2, -0.15) is 11.3 Å². The van der Waals surface area contributed by atoms with Crippen LogP contribution >= 0.6 is 11.3 Å². The largest absolute Gasteiger partial charge is 0.497 e. The lowest BCUT2D eigenvalue weighted by atomic mass is 10.2. The summed E-state index contributed by atoms with van der Waals surface area (Å²) in [5.74, 6) is 0.680. The molecule has 0 radical (unpaired) electrons. The molecule has 146 valence electrons. The lowest BCUT2D eigenvalue weighted by Gasteiger charge is -2.34. The summed E-state index contributed by atoms with van der Waals surface area (Å²) in [6.07, 6.45) is 0. The third kappa shape index (κ3) is 5.07. The van der Waals surface area contributed by atoms with Crippen molar-refractivity contribution in [2.45, 2.75) is 4.90 Å². The van der Waals surface area contributed by atoms with Crippen LogP contribution in [0.1, 0.15) is 10.4 Å². The minimum atomic E-state index is -3.54. The molecular formula is C18H23N3O4S2. The van der Waals surface area contributed by atoms with Gasteiger partial charge in [0.15, 0.2) is 0 Å². The summed E-state index contributed by atoms with van der Waals surface area (Å²) >= 11 is 1.52. The van der Waals surface area contributed by atoms with E-state index in [9.17, 15) is 13.2 Å². The van der Waals surface area contributed by atoms with E-state index >= 15 is 0 Å². The average Bonchev–Trinajstić information content (AvgIpc) is 3.23. The van der Waals surface area contributed by atoms with E-state index in [2.05, 4.69) is 9.62 Å². The molecular weight excluding hydrogens is 386 g/mol. The summed E-state index contributed by atoms with van der Waals surface area (Å²) in [4.78, 5) is 16.6. The van der Waals surface area contributed by atoms with Gasteiger partial charge in [0.25, 0.3) is 5.91 Å². The molecule has 9 heteroatoms. The van der Waals surface area contributed by atoms with Gasteiger partial charge in [-0.25, -0.2) is 13.1 Å². The van der Waals surface area contributed by atoms with Gasteiger partial charge in [0.1, 0.15) is 5.75 Å². The second-order valence-electron chi connectivity index (χ2n) is 6.22. The van der Waals surface area contributed by atoms with Crippen molar-refractivity contribution in [2.24, 2.45) is 0 Å². The highest BCUT2D eigenvalue weighted by molar-refractivity contribution is 7.89. The second-order valence-corrected chi connectivity index (χ2v) is 8.77. The highest BCUT2D eigenvalue weighted by Gasteiger charge is 2.22. The van der Waals surface area contributed by atoms with Gasteiger partial charge >= 0.3 is 0 Å². The Morgan fingerprint density at radius 3 is 2.44 bits per heavy atom. The molecule has 2 aromatic rings. The van der Waals surface area contributed by atoms with Crippen LogP contribution in [0.2, 0.25) is 0 Å². The standard InChI is InChI=1S/C18H23N3O4S2/c1-25-16-2-4-17(5-3-16)27(23,24)19-7-8-20-9-11-21(12-10-20)18(22)15-6-13-26-14-15/h2-6,13-14,19H,7-12H2,1H3. The summed E-state index contributed by atoms with van der Waals surface area (Å²) in [7, 11) is -2.00. The predicted octanol–water partition coefficient (Wildman–Crippen LogP) is 1.49. The van der Waals surface area contributed by atoms with E-state index in [1.54, 1.807) is 12.1 Å². The lowest BCUT2D eigenvalue weighted by Crippen LogP contribution is -2.50. The maximum absolute atomic E-state index is 12.3. The Morgan fingerprint density at radius 2 is 1.85 bits per heavy atom. The summed E-state index contributed by atoms with van der Waals surface area (Å²) in [5.41, 5.74) is 0.737. The van der Waals surface area contributed by atoms with Crippen LogP contribution in [-0.4, -0.2) is 70.5 Å². The number of amides is 1. The molecule has 1 aromatic carbocycles. The van der Waals surface area contributed by atoms with Crippen LogP contribution in [0.25, 0.3) is 0 Å². The number of carbonyl (C=O) groups is 1. The van der Waals surface area contributed by atoms with Gasteiger partial charge in [0, 0.05) is 44.6 Å². The van der Waals surface area contributed by atoms with Crippen molar-refractivity contribution in [3.05, 3.63) is 46.7 Å². The van der Waals surface area contributed by atoms with E-state index in [1.807, 2.05) is 21.7 Å². The number of ether oxygens (including phenoxy) is 1. The molecule has 0 aliphatic carbocycles. The molecule has 0 saturated carbocycles. The van der Waals surface area contributed by atoms with Gasteiger partial charge in [-0.3, -0.25) is 9.69 Å². The lowest BCUT2D eigenvalue weighted by molar-refractivity contribution is 0.0640. The number of hydrogen-bond acceptors (Lipinski definition) is 6. The smallest absolute Gasteiger partial charge is 0.254 e. The number of nitrogens with zero attached hydrogens (tertiary/aromatic N) is 2. The monoisotopic (exact) mass is 409 g/mol. The molecule has 7 nitrogen and oxygen atoms in total. The first-order valence-corrected chi connectivity index (χ1v) is 11.1. The summed E-state index contributed by atoms with van der Waals surface area (Å²) < 4.78 is 32.3. The molecule has 27 heavy (non-hydrogen) atoms. The average molecular weight is 410 g/mol. The van der Waals surface area contributed by atoms with E-state index < -0.39 is 10.0 Å². The molecule has 1 amide bonds. The van der Waals surface area contributed by atoms with Crippen molar-refractivity contribution in [3.8, 4) is 5.75 Å². The highest BCUT2D eigenvalue weighted by atomic mass is 32.2. The highest BCUT2D eigenvalue weighted by Crippen LogP contribution is 2.15. The molecule has 0 spiro atoms. The molecule has 0 bridgehead atoms. The molecule has 2 heterocycles. The Hall–Kier alpha value is -1.94. The Kier molecular flexibility index (Phi) is 6.48. The molecule has 0 unspecified atom stereocenters. The predicted molar refractivity (Wildman–Crippen MR) is 105 cm³/mol. The van der Waals surface area contributed by atoms with Crippen molar-refractivity contribution in [2.75, 3.05) is 46.4 Å². The van der Waals surface area contributed by atoms with Crippen LogP contribution < -0.4 is 9.46 Å². The number of nitrogens with one attached hydrogen (secondary N) is 1. The third-order valence-electron chi connectivity index (χ3n) is 4.52. The second kappa shape index (κ2) is 8.83. The van der Waals surface area contributed by atoms with E-state index in [1.165, 1.54) is 30.6 Å². The van der Waals surface area contributed by atoms with Crippen LogP contribution in [0.3, 0.4) is 0 Å². The number of sulfonamides is 1. The maximum atomic E-state index is 12.3. The van der Waals surface area contributed by atoms with Gasteiger partial charge in [-0.05, 0) is 35.7 Å². The zero-order valence-corrected chi connectivity index (χ0v) is 16.8. The summed E-state index contributed by atoms with van der Waals surface area (Å²) in [5, 5.41) is 3.76. The van der Waals surface area contributed by atoms with Crippen LogP contribution in [0, 0.1) is 0 Å². The number of hydrogen-bond donors (Lipinski definition) is 1. The summed E-state index contributed by atoms with van der Waals surface area (Å²) in [6, 6.07) is 8.13. The quantitative estimate of drug-likeness (QED) is 0.750. The van der Waals surface area contributed by atoms with Crippen molar-refractivity contribution in [3.63, 3.8) is 0 Å². The van der Waals surface area contributed by atoms with Gasteiger partial charge in [0.2, 0.25) is 10.0 Å². The number of thiophene rings is 1. The summed E-state index contributed by atoms with van der Waals surface area (Å²) in [6.45, 7) is 3.71. The fraction of sp³-hybridized carbons (Fsp3) is 0.389. The molecule has 1 saturated heterocycles. The molecule has 1 N–H and O–H groups in total. The Bertz CT molecular complexity index is 843. The van der Waals surface area contributed by atoms with E-state index in [0.29, 0.717) is 31.9 Å². The Morgan fingerprint density at radius 1 is 1.15 bits per heavy atom. The fourth-order valence-corrected chi connectivity index (χ4v) is 4.57. The van der Waals surface area contributed by atoms with Crippen LogP contribution in [0.5, 0.6) is 5.75 Å².